The van der Waals surface area contributed by atoms with E-state index in [9.17, 15) is 9.90 Å². The largest absolute Gasteiger partial charge is 0.481 e. The van der Waals surface area contributed by atoms with Gasteiger partial charge >= 0.3 is 5.97 Å². The number of hydrogen-bond acceptors (Lipinski definition) is 3. The normalized spacial score (nSPS) is 33.8. The number of likely N-dealkylation sites (tertiary alicyclic amines) is 1. The molecule has 1 N–H and O–H groups in total. The predicted molar refractivity (Wildman–Crippen MR) is 74.3 cm³/mol. The number of nitrogens with zero attached hydrogens (tertiary/aromatic N) is 1. The lowest BCUT2D eigenvalue weighted by atomic mass is 9.76. The van der Waals surface area contributed by atoms with Crippen molar-refractivity contribution in [1.82, 2.24) is 4.90 Å². The number of carboxylic acid groups (broad SMARTS) is 1. The smallest absolute Gasteiger partial charge is 0.305 e. The fourth-order valence-electron chi connectivity index (χ4n) is 3.80. The Balaban J connectivity index is 2.07. The van der Waals surface area contributed by atoms with E-state index in [0.717, 1.165) is 38.8 Å². The molecule has 0 atom stereocenters. The summed E-state index contributed by atoms with van der Waals surface area (Å²) in [6.45, 7) is 2.15. The number of carbonyl (C=O) groups is 1. The van der Waals surface area contributed by atoms with E-state index in [1.807, 2.05) is 0 Å². The summed E-state index contributed by atoms with van der Waals surface area (Å²) in [5, 5.41) is 9.30. The minimum Gasteiger partial charge on any atom is -0.481 e. The summed E-state index contributed by atoms with van der Waals surface area (Å²) < 4.78 is 5.44. The Bertz CT molecular complexity index is 290. The lowest BCUT2D eigenvalue weighted by molar-refractivity contribution is -0.142. The van der Waals surface area contributed by atoms with Crippen molar-refractivity contribution in [2.24, 2.45) is 0 Å². The van der Waals surface area contributed by atoms with Crippen molar-refractivity contribution in [3.63, 3.8) is 0 Å². The van der Waals surface area contributed by atoms with E-state index >= 15 is 0 Å². The molecule has 1 saturated heterocycles. The van der Waals surface area contributed by atoms with Crippen LogP contribution in [0.5, 0.6) is 0 Å². The molecule has 0 radical (unpaired) electrons. The highest BCUT2D eigenvalue weighted by Crippen LogP contribution is 2.38. The first kappa shape index (κ1) is 14.8. The molecule has 1 aliphatic heterocycles. The van der Waals surface area contributed by atoms with E-state index in [2.05, 4.69) is 4.90 Å². The molecule has 1 heterocycles. The summed E-state index contributed by atoms with van der Waals surface area (Å²) in [7, 11) is 1.76. The summed E-state index contributed by atoms with van der Waals surface area (Å²) in [6.07, 6.45) is 9.58. The Morgan fingerprint density at radius 1 is 1.21 bits per heavy atom. The van der Waals surface area contributed by atoms with E-state index in [-0.39, 0.29) is 5.54 Å². The van der Waals surface area contributed by atoms with Crippen LogP contribution >= 0.6 is 0 Å². The zero-order valence-electron chi connectivity index (χ0n) is 12.1. The molecule has 2 rings (SSSR count). The molecule has 0 unspecified atom stereocenters. The molecule has 0 aromatic heterocycles. The third-order valence-corrected chi connectivity index (χ3v) is 4.95. The van der Waals surface area contributed by atoms with Gasteiger partial charge in [-0.05, 0) is 51.6 Å². The quantitative estimate of drug-likeness (QED) is 0.852. The average molecular weight is 269 g/mol. The van der Waals surface area contributed by atoms with Crippen LogP contribution in [0.25, 0.3) is 0 Å². The number of rotatable bonds is 4. The first-order chi connectivity index (χ1) is 9.16. The van der Waals surface area contributed by atoms with Crippen molar-refractivity contribution in [2.45, 2.75) is 69.4 Å². The first-order valence-corrected chi connectivity index (χ1v) is 7.66. The molecule has 4 nitrogen and oxygen atoms in total. The van der Waals surface area contributed by atoms with Crippen LogP contribution in [0.2, 0.25) is 0 Å². The lowest BCUT2D eigenvalue weighted by Crippen LogP contribution is -2.53. The van der Waals surface area contributed by atoms with Gasteiger partial charge < -0.3 is 9.84 Å². The van der Waals surface area contributed by atoms with Gasteiger partial charge in [-0.25, -0.2) is 0 Å². The minimum atomic E-state index is -0.653. The molecule has 1 saturated carbocycles. The maximum absolute atomic E-state index is 11.3. The van der Waals surface area contributed by atoms with E-state index < -0.39 is 5.97 Å². The van der Waals surface area contributed by atoms with Gasteiger partial charge in [0.05, 0.1) is 12.5 Å². The van der Waals surface area contributed by atoms with Crippen LogP contribution in [-0.2, 0) is 9.53 Å². The number of ether oxygens (including phenoxy) is 1. The Kier molecular flexibility index (Phi) is 5.22. The number of methoxy groups -OCH3 is 1. The number of hydrogen-bond donors (Lipinski definition) is 1. The fraction of sp³-hybridized carbons (Fsp3) is 0.933. The molecule has 0 amide bonds. The lowest BCUT2D eigenvalue weighted by Gasteiger charge is -2.47. The zero-order valence-corrected chi connectivity index (χ0v) is 12.1. The molecule has 1 aliphatic carbocycles. The Labute approximate surface area is 116 Å². The molecule has 0 bridgehead atoms. The SMILES string of the molecule is COC1CCC(CC(=O)O)(N2CCCCCC2)CC1. The van der Waals surface area contributed by atoms with Crippen LogP contribution in [0.1, 0.15) is 57.8 Å². The minimum absolute atomic E-state index is 0.106. The molecule has 2 fully saturated rings. The highest BCUT2D eigenvalue weighted by molar-refractivity contribution is 5.68. The summed E-state index contributed by atoms with van der Waals surface area (Å²) in [5.41, 5.74) is -0.106. The van der Waals surface area contributed by atoms with Crippen molar-refractivity contribution < 1.29 is 14.6 Å². The Hall–Kier alpha value is -0.610. The van der Waals surface area contributed by atoms with Crippen molar-refractivity contribution in [3.8, 4) is 0 Å². The maximum atomic E-state index is 11.3. The van der Waals surface area contributed by atoms with Gasteiger partial charge in [0.1, 0.15) is 0 Å². The van der Waals surface area contributed by atoms with Crippen LogP contribution in [0.3, 0.4) is 0 Å². The second-order valence-electron chi connectivity index (χ2n) is 6.13. The molecule has 2 aliphatic rings. The van der Waals surface area contributed by atoms with Crippen LogP contribution in [-0.4, -0.2) is 47.8 Å². The van der Waals surface area contributed by atoms with E-state index in [0.29, 0.717) is 12.5 Å². The summed E-state index contributed by atoms with van der Waals surface area (Å²) in [6, 6.07) is 0. The van der Waals surface area contributed by atoms with Crippen LogP contribution < -0.4 is 0 Å². The Morgan fingerprint density at radius 3 is 2.26 bits per heavy atom. The monoisotopic (exact) mass is 269 g/mol. The van der Waals surface area contributed by atoms with Crippen molar-refractivity contribution >= 4 is 5.97 Å². The van der Waals surface area contributed by atoms with Gasteiger partial charge in [-0.3, -0.25) is 9.69 Å². The highest BCUT2D eigenvalue weighted by Gasteiger charge is 2.41. The Morgan fingerprint density at radius 2 is 1.79 bits per heavy atom. The zero-order chi connectivity index (χ0) is 13.7. The highest BCUT2D eigenvalue weighted by atomic mass is 16.5. The number of aliphatic carboxylic acids is 1. The molecule has 4 heteroatoms. The predicted octanol–water partition coefficient (Wildman–Crippen LogP) is 2.66. The van der Waals surface area contributed by atoms with Crippen LogP contribution in [0.15, 0.2) is 0 Å². The molecule has 0 spiro atoms. The molecule has 0 aromatic rings. The van der Waals surface area contributed by atoms with Gasteiger partial charge in [0.15, 0.2) is 0 Å². The van der Waals surface area contributed by atoms with E-state index in [1.165, 1.54) is 25.7 Å². The second kappa shape index (κ2) is 6.71. The van der Waals surface area contributed by atoms with Crippen LogP contribution in [0, 0.1) is 0 Å². The first-order valence-electron chi connectivity index (χ1n) is 7.66. The second-order valence-corrected chi connectivity index (χ2v) is 6.13. The summed E-state index contributed by atoms with van der Waals surface area (Å²) >= 11 is 0. The topological polar surface area (TPSA) is 49.8 Å². The van der Waals surface area contributed by atoms with Crippen molar-refractivity contribution in [1.29, 1.82) is 0 Å². The average Bonchev–Trinajstić information content (AvgIpc) is 2.68. The molecule has 19 heavy (non-hydrogen) atoms. The van der Waals surface area contributed by atoms with Gasteiger partial charge in [-0.1, -0.05) is 12.8 Å². The summed E-state index contributed by atoms with van der Waals surface area (Å²) in [5.74, 6) is -0.653. The van der Waals surface area contributed by atoms with Crippen LogP contribution in [0.4, 0.5) is 0 Å². The van der Waals surface area contributed by atoms with Gasteiger partial charge in [0.2, 0.25) is 0 Å². The van der Waals surface area contributed by atoms with Gasteiger partial charge in [0, 0.05) is 12.6 Å². The standard InChI is InChI=1S/C15H27NO3/c1-19-13-6-8-15(9-7-13,12-14(17)18)16-10-4-2-3-5-11-16/h13H,2-12H2,1H3,(H,17,18). The van der Waals surface area contributed by atoms with Gasteiger partial charge in [-0.15, -0.1) is 0 Å². The number of carboxylic acids is 1. The third kappa shape index (κ3) is 3.69. The molecule has 0 aromatic carbocycles. The molecule has 110 valence electrons. The van der Waals surface area contributed by atoms with E-state index in [4.69, 9.17) is 4.74 Å². The summed E-state index contributed by atoms with van der Waals surface area (Å²) in [4.78, 5) is 13.8. The molecular formula is C15H27NO3. The maximum Gasteiger partial charge on any atom is 0.305 e. The van der Waals surface area contributed by atoms with Gasteiger partial charge in [-0.2, -0.15) is 0 Å². The van der Waals surface area contributed by atoms with Crippen molar-refractivity contribution in [2.75, 3.05) is 20.2 Å². The third-order valence-electron chi connectivity index (χ3n) is 4.95. The molecular weight excluding hydrogens is 242 g/mol. The van der Waals surface area contributed by atoms with Gasteiger partial charge in [0.25, 0.3) is 0 Å². The fourth-order valence-corrected chi connectivity index (χ4v) is 3.80. The van der Waals surface area contributed by atoms with E-state index in [1.54, 1.807) is 7.11 Å². The van der Waals surface area contributed by atoms with Crippen molar-refractivity contribution in [3.05, 3.63) is 0 Å².